The number of hydrogen-bond acceptors (Lipinski definition) is 6. The molecule has 8 nitrogen and oxygen atoms in total. The second-order valence-electron chi connectivity index (χ2n) is 5.94. The highest BCUT2D eigenvalue weighted by molar-refractivity contribution is 7.92. The number of fused-ring (bicyclic) bond motifs is 1. The molecule has 29 heavy (non-hydrogen) atoms. The van der Waals surface area contributed by atoms with Crippen LogP contribution in [0.1, 0.15) is 0 Å². The lowest BCUT2D eigenvalue weighted by Crippen LogP contribution is -2.15. The van der Waals surface area contributed by atoms with Gasteiger partial charge in [-0.3, -0.25) is 9.82 Å². The van der Waals surface area contributed by atoms with E-state index < -0.39 is 31.6 Å². The number of hydrogen-bond donors (Lipinski definition) is 3. The molecule has 0 radical (unpaired) electrons. The molecule has 0 atom stereocenters. The molecule has 0 aliphatic rings. The molecule has 0 spiro atoms. The highest BCUT2D eigenvalue weighted by atomic mass is 35.5. The molecule has 0 aliphatic heterocycles. The smallest absolute Gasteiger partial charge is 0.264 e. The van der Waals surface area contributed by atoms with E-state index in [1.165, 1.54) is 18.3 Å². The van der Waals surface area contributed by atoms with Crippen LogP contribution in [0.3, 0.4) is 0 Å². The Morgan fingerprint density at radius 3 is 2.55 bits per heavy atom. The molecule has 2 aromatic carbocycles. The fourth-order valence-corrected chi connectivity index (χ4v) is 3.96. The van der Waals surface area contributed by atoms with Gasteiger partial charge in [-0.05, 0) is 18.2 Å². The van der Waals surface area contributed by atoms with Crippen molar-refractivity contribution in [2.45, 2.75) is 4.90 Å². The molecule has 0 bridgehead atoms. The molecule has 0 saturated heterocycles. The maximum absolute atomic E-state index is 13.9. The number of nitrogens with one attached hydrogen (secondary N) is 2. The third-order valence-corrected chi connectivity index (χ3v) is 5.68. The number of H-pyrrole nitrogens is 1. The van der Waals surface area contributed by atoms with Gasteiger partial charge in [-0.25, -0.2) is 27.2 Å². The molecule has 0 unspecified atom stereocenters. The summed E-state index contributed by atoms with van der Waals surface area (Å²) < 4.78 is 54.2. The SMILES string of the molecule is Nc1n[nH]c2nc(-c3ccc(NS(=O)(=O)c4cc(Cl)c(F)cc4F)cc3)cnc12. The Hall–Kier alpha value is -3.31. The van der Waals surface area contributed by atoms with Crippen LogP contribution in [0.25, 0.3) is 22.4 Å². The van der Waals surface area contributed by atoms with Crippen LogP contribution in [-0.4, -0.2) is 28.6 Å². The first-order valence-electron chi connectivity index (χ1n) is 7.99. The molecule has 12 heteroatoms. The summed E-state index contributed by atoms with van der Waals surface area (Å²) in [5, 5.41) is 5.97. The predicted octanol–water partition coefficient (Wildman–Crippen LogP) is 3.33. The molecule has 2 heterocycles. The highest BCUT2D eigenvalue weighted by Gasteiger charge is 2.22. The van der Waals surface area contributed by atoms with Gasteiger partial charge in [-0.15, -0.1) is 0 Å². The number of rotatable bonds is 4. The zero-order valence-corrected chi connectivity index (χ0v) is 15.9. The van der Waals surface area contributed by atoms with Gasteiger partial charge in [0.1, 0.15) is 16.5 Å². The van der Waals surface area contributed by atoms with Crippen LogP contribution in [0.15, 0.2) is 47.5 Å². The van der Waals surface area contributed by atoms with Crippen molar-refractivity contribution >= 4 is 44.3 Å². The molecule has 148 valence electrons. The van der Waals surface area contributed by atoms with Crippen LogP contribution in [0.4, 0.5) is 20.3 Å². The molecular weight excluding hydrogens is 426 g/mol. The number of nitrogen functional groups attached to an aromatic ring is 1. The topological polar surface area (TPSA) is 127 Å². The minimum atomic E-state index is -4.32. The van der Waals surface area contributed by atoms with Crippen LogP contribution < -0.4 is 10.5 Å². The number of anilines is 2. The largest absolute Gasteiger partial charge is 0.380 e. The first-order valence-corrected chi connectivity index (χ1v) is 9.85. The van der Waals surface area contributed by atoms with Gasteiger partial charge in [-0.1, -0.05) is 23.7 Å². The molecule has 0 fully saturated rings. The van der Waals surface area contributed by atoms with Crippen molar-refractivity contribution in [1.29, 1.82) is 0 Å². The van der Waals surface area contributed by atoms with E-state index in [-0.39, 0.29) is 11.5 Å². The van der Waals surface area contributed by atoms with Crippen LogP contribution in [-0.2, 0) is 10.0 Å². The van der Waals surface area contributed by atoms with E-state index in [2.05, 4.69) is 24.9 Å². The Labute approximate surface area is 167 Å². The predicted molar refractivity (Wildman–Crippen MR) is 104 cm³/mol. The molecule has 2 aromatic heterocycles. The van der Waals surface area contributed by atoms with Gasteiger partial charge in [0.2, 0.25) is 0 Å². The van der Waals surface area contributed by atoms with E-state index in [4.69, 9.17) is 17.3 Å². The Morgan fingerprint density at radius 2 is 1.83 bits per heavy atom. The summed E-state index contributed by atoms with van der Waals surface area (Å²) in [5.74, 6) is -2.07. The number of sulfonamides is 1. The molecule has 0 aliphatic carbocycles. The van der Waals surface area contributed by atoms with E-state index in [1.54, 1.807) is 12.1 Å². The van der Waals surface area contributed by atoms with E-state index in [1.807, 2.05) is 0 Å². The Balaban J connectivity index is 1.61. The van der Waals surface area contributed by atoms with E-state index in [0.717, 1.165) is 0 Å². The number of benzene rings is 2. The van der Waals surface area contributed by atoms with Gasteiger partial charge in [0.15, 0.2) is 17.0 Å². The molecule has 0 amide bonds. The van der Waals surface area contributed by atoms with Crippen molar-refractivity contribution in [2.75, 3.05) is 10.5 Å². The van der Waals surface area contributed by atoms with Gasteiger partial charge >= 0.3 is 0 Å². The normalized spacial score (nSPS) is 11.7. The average Bonchev–Trinajstić information content (AvgIpc) is 3.05. The van der Waals surface area contributed by atoms with Crippen LogP contribution in [0, 0.1) is 11.6 Å². The van der Waals surface area contributed by atoms with Crippen LogP contribution >= 0.6 is 11.6 Å². The summed E-state index contributed by atoms with van der Waals surface area (Å²) in [7, 11) is -4.32. The van der Waals surface area contributed by atoms with Crippen LogP contribution in [0.2, 0.25) is 5.02 Å². The zero-order valence-electron chi connectivity index (χ0n) is 14.3. The minimum absolute atomic E-state index is 0.161. The summed E-state index contributed by atoms with van der Waals surface area (Å²) in [6, 6.07) is 7.25. The maximum atomic E-state index is 13.9. The first-order chi connectivity index (χ1) is 13.7. The lowest BCUT2D eigenvalue weighted by molar-refractivity contribution is 0.551. The lowest BCUT2D eigenvalue weighted by Gasteiger charge is -2.10. The number of halogens is 3. The lowest BCUT2D eigenvalue weighted by atomic mass is 10.1. The van der Waals surface area contributed by atoms with Gasteiger partial charge in [-0.2, -0.15) is 5.10 Å². The molecule has 4 rings (SSSR count). The number of aromatic amines is 1. The zero-order chi connectivity index (χ0) is 20.8. The first kappa shape index (κ1) is 19.0. The van der Waals surface area contributed by atoms with Crippen molar-refractivity contribution in [3.63, 3.8) is 0 Å². The van der Waals surface area contributed by atoms with E-state index in [0.29, 0.717) is 34.6 Å². The minimum Gasteiger partial charge on any atom is -0.380 e. The van der Waals surface area contributed by atoms with E-state index >= 15 is 0 Å². The quantitative estimate of drug-likeness (QED) is 0.421. The molecule has 0 saturated carbocycles. The van der Waals surface area contributed by atoms with Crippen molar-refractivity contribution in [2.24, 2.45) is 0 Å². The summed E-state index contributed by atoms with van der Waals surface area (Å²) >= 11 is 5.56. The number of nitrogens with zero attached hydrogens (tertiary/aromatic N) is 3. The fraction of sp³-hybridized carbons (Fsp3) is 0. The third kappa shape index (κ3) is 3.57. The van der Waals surface area contributed by atoms with Crippen molar-refractivity contribution in [3.05, 3.63) is 59.3 Å². The number of nitrogens with two attached hydrogens (primary N) is 1. The number of aromatic nitrogens is 4. The third-order valence-electron chi connectivity index (χ3n) is 3.99. The Bertz CT molecular complexity index is 1340. The Kier molecular flexibility index (Phi) is 4.55. The molecular formula is C17H11ClF2N6O2S. The van der Waals surface area contributed by atoms with Crippen molar-refractivity contribution in [1.82, 2.24) is 20.2 Å². The van der Waals surface area contributed by atoms with Crippen LogP contribution in [0.5, 0.6) is 0 Å². The Morgan fingerprint density at radius 1 is 1.10 bits per heavy atom. The van der Waals surface area contributed by atoms with Gasteiger partial charge in [0.05, 0.1) is 16.9 Å². The fourth-order valence-electron chi connectivity index (χ4n) is 2.59. The summed E-state index contributed by atoms with van der Waals surface area (Å²) in [6.45, 7) is 0. The standard InChI is InChI=1S/C17H11ClF2N6O2S/c18-10-5-14(12(20)6-11(10)19)29(27,28)26-9-3-1-8(2-4-9)13-7-22-15-16(21)24-25-17(15)23-13/h1-7,26H,(H3,21,23,24,25). The maximum Gasteiger partial charge on any atom is 0.264 e. The molecule has 4 N–H and O–H groups in total. The monoisotopic (exact) mass is 436 g/mol. The highest BCUT2D eigenvalue weighted by Crippen LogP contribution is 2.26. The van der Waals surface area contributed by atoms with E-state index in [9.17, 15) is 17.2 Å². The average molecular weight is 437 g/mol. The summed E-state index contributed by atoms with van der Waals surface area (Å²) in [4.78, 5) is 7.77. The van der Waals surface area contributed by atoms with Crippen molar-refractivity contribution in [3.8, 4) is 11.3 Å². The van der Waals surface area contributed by atoms with Gasteiger partial charge < -0.3 is 5.73 Å². The summed E-state index contributed by atoms with van der Waals surface area (Å²) in [5.41, 5.74) is 7.82. The van der Waals surface area contributed by atoms with Crippen molar-refractivity contribution < 1.29 is 17.2 Å². The molecule has 4 aromatic rings. The second-order valence-corrected chi connectivity index (χ2v) is 8.00. The van der Waals surface area contributed by atoms with Gasteiger partial charge in [0, 0.05) is 17.3 Å². The second kappa shape index (κ2) is 6.94. The summed E-state index contributed by atoms with van der Waals surface area (Å²) in [6.07, 6.45) is 1.50. The van der Waals surface area contributed by atoms with Gasteiger partial charge in [0.25, 0.3) is 10.0 Å².